The van der Waals surface area contributed by atoms with Crippen LogP contribution in [0.1, 0.15) is 76.0 Å². The third-order valence-electron chi connectivity index (χ3n) is 5.99. The van der Waals surface area contributed by atoms with Crippen molar-refractivity contribution < 1.29 is 0 Å². The van der Waals surface area contributed by atoms with E-state index in [2.05, 4.69) is 42.8 Å². The van der Waals surface area contributed by atoms with Crippen molar-refractivity contribution in [2.45, 2.75) is 72.6 Å². The van der Waals surface area contributed by atoms with E-state index in [1.54, 1.807) is 0 Å². The fourth-order valence-electron chi connectivity index (χ4n) is 4.13. The zero-order chi connectivity index (χ0) is 22.5. The van der Waals surface area contributed by atoms with Gasteiger partial charge in [0.15, 0.2) is 0 Å². The summed E-state index contributed by atoms with van der Waals surface area (Å²) in [6.07, 6.45) is 7.47. The molecule has 2 rings (SSSR count). The molecule has 0 heterocycles. The molecule has 0 amide bonds. The van der Waals surface area contributed by atoms with Crippen LogP contribution in [0.3, 0.4) is 0 Å². The predicted molar refractivity (Wildman–Crippen MR) is 133 cm³/mol. The van der Waals surface area contributed by atoms with Crippen LogP contribution in [0, 0.1) is 32.5 Å². The van der Waals surface area contributed by atoms with Crippen LogP contribution in [0.4, 0.5) is 0 Å². The van der Waals surface area contributed by atoms with Gasteiger partial charge in [-0.25, -0.2) is 0 Å². The zero-order valence-corrected chi connectivity index (χ0v) is 22.2. The van der Waals surface area contributed by atoms with Gasteiger partial charge >= 0.3 is 194 Å². The van der Waals surface area contributed by atoms with Crippen LogP contribution in [-0.4, -0.2) is 18.4 Å². The van der Waals surface area contributed by atoms with E-state index in [-0.39, 0.29) is 0 Å². The number of hydrogen-bond acceptors (Lipinski definition) is 2. The van der Waals surface area contributed by atoms with Crippen molar-refractivity contribution in [2.24, 2.45) is 0 Å². The molecule has 0 aliphatic rings. The molecule has 31 heavy (non-hydrogen) atoms. The van der Waals surface area contributed by atoms with Gasteiger partial charge in [-0.05, 0) is 0 Å². The second-order valence-corrected chi connectivity index (χ2v) is 20.6. The molecule has 0 N–H and O–H groups in total. The number of nitriles is 2. The van der Waals surface area contributed by atoms with Crippen molar-refractivity contribution in [1.29, 1.82) is 10.5 Å². The minimum absolute atomic E-state index is 0.533. The average molecular weight is 517 g/mol. The maximum atomic E-state index is 10.0. The van der Waals surface area contributed by atoms with Crippen molar-refractivity contribution in [2.75, 3.05) is 0 Å². The van der Waals surface area contributed by atoms with Crippen LogP contribution in [0.15, 0.2) is 42.5 Å². The van der Waals surface area contributed by atoms with Crippen molar-refractivity contribution in [3.8, 4) is 33.1 Å². The maximum absolute atomic E-state index is 10.0. The SMILES string of the molecule is CCC[CH2][Sn]([C]#Cc1ccc(C#N)c(-c2ccccc2)c1C#N)([CH2]CCC)[CH2]CCC. The van der Waals surface area contributed by atoms with E-state index in [1.807, 2.05) is 42.5 Å². The summed E-state index contributed by atoms with van der Waals surface area (Å²) in [4.78, 5) is 0. The van der Waals surface area contributed by atoms with Gasteiger partial charge < -0.3 is 0 Å². The normalized spacial score (nSPS) is 10.6. The first-order chi connectivity index (χ1) is 15.1. The molecular weight excluding hydrogens is 483 g/mol. The third kappa shape index (κ3) is 6.89. The number of unbranched alkanes of at least 4 members (excludes halogenated alkanes) is 3. The summed E-state index contributed by atoms with van der Waals surface area (Å²) in [7, 11) is 0. The summed E-state index contributed by atoms with van der Waals surface area (Å²) < 4.78 is 7.83. The molecule has 160 valence electrons. The molecule has 0 aliphatic heterocycles. The second kappa shape index (κ2) is 13.2. The molecule has 0 unspecified atom stereocenters. The standard InChI is InChI=1S/C16H7N2.3C4H9.Sn/c1-2-12-8-9-14(10-17)16(15(12)11-18)13-6-4-3-5-7-13;3*1-3-4-2;/h3-9H;3*1,3-4H2,2H3;. The second-order valence-electron chi connectivity index (χ2n) is 8.34. The molecule has 0 aromatic heterocycles. The molecule has 2 aromatic carbocycles. The van der Waals surface area contributed by atoms with Gasteiger partial charge in [0.25, 0.3) is 0 Å². The summed E-state index contributed by atoms with van der Waals surface area (Å²) in [6.45, 7) is 6.80. The Balaban J connectivity index is 2.60. The Morgan fingerprint density at radius 1 is 0.710 bits per heavy atom. The zero-order valence-electron chi connectivity index (χ0n) is 19.3. The fraction of sp³-hybridized carbons (Fsp3) is 0.429. The van der Waals surface area contributed by atoms with E-state index < -0.39 is 18.4 Å². The summed E-state index contributed by atoms with van der Waals surface area (Å²) in [5.41, 5.74) is 3.47. The Morgan fingerprint density at radius 3 is 1.74 bits per heavy atom. The quantitative estimate of drug-likeness (QED) is 0.238. The Kier molecular flexibility index (Phi) is 10.7. The van der Waals surface area contributed by atoms with E-state index in [9.17, 15) is 10.5 Å². The van der Waals surface area contributed by atoms with Crippen LogP contribution in [0.25, 0.3) is 11.1 Å². The Bertz CT molecular complexity index is 962. The molecule has 2 aromatic rings. The Morgan fingerprint density at radius 2 is 1.26 bits per heavy atom. The van der Waals surface area contributed by atoms with Gasteiger partial charge in [-0.1, -0.05) is 0 Å². The van der Waals surface area contributed by atoms with E-state index in [1.165, 1.54) is 51.8 Å². The van der Waals surface area contributed by atoms with Crippen molar-refractivity contribution in [1.82, 2.24) is 0 Å². The molecule has 0 atom stereocenters. The predicted octanol–water partition coefficient (Wildman–Crippen LogP) is 7.84. The van der Waals surface area contributed by atoms with Gasteiger partial charge in [-0.2, -0.15) is 0 Å². The molecule has 3 heteroatoms. The van der Waals surface area contributed by atoms with Crippen LogP contribution in [0.2, 0.25) is 13.3 Å². The topological polar surface area (TPSA) is 47.6 Å². The van der Waals surface area contributed by atoms with Crippen LogP contribution < -0.4 is 0 Å². The first kappa shape index (κ1) is 25.0. The minimum atomic E-state index is -2.62. The molecule has 0 bridgehead atoms. The van der Waals surface area contributed by atoms with E-state index in [0.717, 1.165) is 11.1 Å². The van der Waals surface area contributed by atoms with Crippen molar-refractivity contribution >= 4 is 18.4 Å². The summed E-state index contributed by atoms with van der Waals surface area (Å²) >= 11 is -2.62. The van der Waals surface area contributed by atoms with Crippen molar-refractivity contribution in [3.63, 3.8) is 0 Å². The van der Waals surface area contributed by atoms with E-state index >= 15 is 0 Å². The van der Waals surface area contributed by atoms with Gasteiger partial charge in [-0.15, -0.1) is 0 Å². The van der Waals surface area contributed by atoms with Crippen molar-refractivity contribution in [3.05, 3.63) is 59.2 Å². The number of hydrogen-bond donors (Lipinski definition) is 0. The first-order valence-corrected chi connectivity index (χ1v) is 19.2. The molecular formula is C28H34N2Sn. The van der Waals surface area contributed by atoms with E-state index in [4.69, 9.17) is 0 Å². The van der Waals surface area contributed by atoms with Gasteiger partial charge in [0.05, 0.1) is 0 Å². The van der Waals surface area contributed by atoms with Crippen LogP contribution in [0.5, 0.6) is 0 Å². The number of benzene rings is 2. The molecule has 0 radical (unpaired) electrons. The summed E-state index contributed by atoms with van der Waals surface area (Å²) in [5.74, 6) is 3.50. The monoisotopic (exact) mass is 518 g/mol. The molecule has 2 nitrogen and oxygen atoms in total. The van der Waals surface area contributed by atoms with Gasteiger partial charge in [-0.3, -0.25) is 0 Å². The molecule has 0 saturated heterocycles. The number of rotatable bonds is 10. The Labute approximate surface area is 193 Å². The van der Waals surface area contributed by atoms with Gasteiger partial charge in [0.1, 0.15) is 0 Å². The summed E-state index contributed by atoms with van der Waals surface area (Å²) in [5, 5.41) is 19.7. The Hall–Kier alpha value is -2.22. The van der Waals surface area contributed by atoms with Crippen LogP contribution >= 0.6 is 0 Å². The van der Waals surface area contributed by atoms with Gasteiger partial charge in [0.2, 0.25) is 0 Å². The molecule has 0 saturated carbocycles. The van der Waals surface area contributed by atoms with E-state index in [0.29, 0.717) is 16.7 Å². The summed E-state index contributed by atoms with van der Waals surface area (Å²) in [6, 6.07) is 18.1. The van der Waals surface area contributed by atoms with Crippen LogP contribution in [-0.2, 0) is 0 Å². The molecule has 0 fully saturated rings. The molecule has 0 spiro atoms. The average Bonchev–Trinajstić information content (AvgIpc) is 2.83. The molecule has 0 aliphatic carbocycles. The number of nitrogens with zero attached hydrogens (tertiary/aromatic N) is 2. The van der Waals surface area contributed by atoms with Gasteiger partial charge in [0, 0.05) is 0 Å². The fourth-order valence-corrected chi connectivity index (χ4v) is 17.3. The first-order valence-electron chi connectivity index (χ1n) is 11.7. The third-order valence-corrected chi connectivity index (χ3v) is 19.1.